The lowest BCUT2D eigenvalue weighted by Gasteiger charge is -1.98. The van der Waals surface area contributed by atoms with Crippen LogP contribution < -0.4 is 5.73 Å². The first-order valence-corrected chi connectivity index (χ1v) is 6.62. The average molecular weight is 329 g/mol. The van der Waals surface area contributed by atoms with E-state index < -0.39 is 4.92 Å². The number of non-ortho nitro benzene ring substituents is 1. The zero-order chi connectivity index (χ0) is 13.3. The lowest BCUT2D eigenvalue weighted by atomic mass is 10.2. The first-order valence-electron chi connectivity index (χ1n) is 5.01. The van der Waals surface area contributed by atoms with Gasteiger partial charge in [-0.05, 0) is 13.0 Å². The summed E-state index contributed by atoms with van der Waals surface area (Å²) in [5.74, 6) is 0. The number of halogens is 1. The molecule has 0 radical (unpaired) electrons. The third-order valence-electron chi connectivity index (χ3n) is 2.17. The second-order valence-corrected chi connectivity index (χ2v) is 5.61. The number of benzene rings is 1. The molecule has 2 aromatic rings. The molecule has 0 aliphatic rings. The summed E-state index contributed by atoms with van der Waals surface area (Å²) >= 11 is 4.57. The number of hydrogen-bond acceptors (Lipinski definition) is 6. The quantitative estimate of drug-likeness (QED) is 0.690. The first-order chi connectivity index (χ1) is 8.47. The van der Waals surface area contributed by atoms with Crippen molar-refractivity contribution < 1.29 is 4.92 Å². The number of nitro benzene ring substituents is 1. The van der Waals surface area contributed by atoms with E-state index in [2.05, 4.69) is 26.1 Å². The SMILES string of the molecule is CC(N)c1nnc(-c2cc(Br)cc([N+](=O)[O-])c2)s1. The van der Waals surface area contributed by atoms with Crippen LogP contribution in [0.4, 0.5) is 5.69 Å². The summed E-state index contributed by atoms with van der Waals surface area (Å²) in [6.07, 6.45) is 0. The van der Waals surface area contributed by atoms with Gasteiger partial charge in [0.05, 0.1) is 11.0 Å². The van der Waals surface area contributed by atoms with Crippen molar-refractivity contribution in [3.05, 3.63) is 37.8 Å². The lowest BCUT2D eigenvalue weighted by molar-refractivity contribution is -0.384. The molecule has 1 aromatic heterocycles. The Hall–Kier alpha value is -1.38. The van der Waals surface area contributed by atoms with Crippen molar-refractivity contribution >= 4 is 33.0 Å². The maximum atomic E-state index is 10.8. The Morgan fingerprint density at radius 3 is 2.72 bits per heavy atom. The van der Waals surface area contributed by atoms with Gasteiger partial charge in [-0.2, -0.15) is 0 Å². The van der Waals surface area contributed by atoms with E-state index in [-0.39, 0.29) is 11.7 Å². The third-order valence-corrected chi connectivity index (χ3v) is 3.80. The molecule has 18 heavy (non-hydrogen) atoms. The third kappa shape index (κ3) is 2.71. The van der Waals surface area contributed by atoms with Crippen LogP contribution in [0.3, 0.4) is 0 Å². The molecule has 1 aromatic carbocycles. The second-order valence-electron chi connectivity index (χ2n) is 3.69. The lowest BCUT2D eigenvalue weighted by Crippen LogP contribution is -2.03. The van der Waals surface area contributed by atoms with E-state index in [0.29, 0.717) is 20.1 Å². The summed E-state index contributed by atoms with van der Waals surface area (Å²) in [5, 5.41) is 20.0. The number of nitrogens with zero attached hydrogens (tertiary/aromatic N) is 3. The molecule has 2 N–H and O–H groups in total. The number of nitrogens with two attached hydrogens (primary N) is 1. The summed E-state index contributed by atoms with van der Waals surface area (Å²) in [6, 6.07) is 4.48. The van der Waals surface area contributed by atoms with Crippen molar-refractivity contribution in [1.29, 1.82) is 0 Å². The van der Waals surface area contributed by atoms with Gasteiger partial charge in [-0.1, -0.05) is 27.3 Å². The number of aromatic nitrogens is 2. The Bertz CT molecular complexity index is 599. The number of hydrogen-bond donors (Lipinski definition) is 1. The molecule has 0 bridgehead atoms. The van der Waals surface area contributed by atoms with Crippen LogP contribution in [0.15, 0.2) is 22.7 Å². The number of nitro groups is 1. The van der Waals surface area contributed by atoms with Gasteiger partial charge >= 0.3 is 0 Å². The van der Waals surface area contributed by atoms with E-state index in [1.54, 1.807) is 6.07 Å². The summed E-state index contributed by atoms with van der Waals surface area (Å²) in [7, 11) is 0. The van der Waals surface area contributed by atoms with Gasteiger partial charge in [0.25, 0.3) is 5.69 Å². The first kappa shape index (κ1) is 13.1. The van der Waals surface area contributed by atoms with Crippen LogP contribution in [-0.2, 0) is 0 Å². The molecule has 94 valence electrons. The van der Waals surface area contributed by atoms with Crippen LogP contribution in [0, 0.1) is 10.1 Å². The van der Waals surface area contributed by atoms with Gasteiger partial charge in [-0.25, -0.2) is 0 Å². The fraction of sp³-hybridized carbons (Fsp3) is 0.200. The van der Waals surface area contributed by atoms with Gasteiger partial charge in [0.2, 0.25) is 0 Å². The molecule has 1 heterocycles. The van der Waals surface area contributed by atoms with Gasteiger partial charge < -0.3 is 5.73 Å². The van der Waals surface area contributed by atoms with E-state index >= 15 is 0 Å². The molecule has 0 saturated carbocycles. The molecule has 0 fully saturated rings. The highest BCUT2D eigenvalue weighted by atomic mass is 79.9. The molecule has 8 heteroatoms. The molecule has 0 aliphatic carbocycles. The summed E-state index contributed by atoms with van der Waals surface area (Å²) in [5.41, 5.74) is 6.37. The Balaban J connectivity index is 2.46. The minimum atomic E-state index is -0.443. The monoisotopic (exact) mass is 328 g/mol. The van der Waals surface area contributed by atoms with Gasteiger partial charge in [-0.15, -0.1) is 10.2 Å². The van der Waals surface area contributed by atoms with Crippen molar-refractivity contribution in [2.75, 3.05) is 0 Å². The fourth-order valence-electron chi connectivity index (χ4n) is 1.34. The maximum Gasteiger partial charge on any atom is 0.271 e. The molecule has 2 rings (SSSR count). The highest BCUT2D eigenvalue weighted by molar-refractivity contribution is 9.10. The van der Waals surface area contributed by atoms with Crippen LogP contribution in [0.25, 0.3) is 10.6 Å². The average Bonchev–Trinajstić information content (AvgIpc) is 2.77. The molecule has 0 spiro atoms. The Morgan fingerprint density at radius 2 is 2.17 bits per heavy atom. The minimum Gasteiger partial charge on any atom is -0.322 e. The van der Waals surface area contributed by atoms with E-state index in [0.717, 1.165) is 0 Å². The van der Waals surface area contributed by atoms with Gasteiger partial charge in [0, 0.05) is 22.2 Å². The summed E-state index contributed by atoms with van der Waals surface area (Å²) in [6.45, 7) is 1.81. The van der Waals surface area contributed by atoms with Crippen molar-refractivity contribution in [2.24, 2.45) is 5.73 Å². The Morgan fingerprint density at radius 1 is 1.44 bits per heavy atom. The largest absolute Gasteiger partial charge is 0.322 e. The summed E-state index contributed by atoms with van der Waals surface area (Å²) in [4.78, 5) is 10.3. The Kier molecular flexibility index (Phi) is 3.69. The van der Waals surface area contributed by atoms with Crippen molar-refractivity contribution in [1.82, 2.24) is 10.2 Å². The molecule has 1 unspecified atom stereocenters. The van der Waals surface area contributed by atoms with E-state index in [9.17, 15) is 10.1 Å². The van der Waals surface area contributed by atoms with E-state index in [1.807, 2.05) is 6.92 Å². The molecule has 1 atom stereocenters. The second kappa shape index (κ2) is 5.09. The van der Waals surface area contributed by atoms with Crippen LogP contribution in [0.2, 0.25) is 0 Å². The van der Waals surface area contributed by atoms with Crippen LogP contribution in [-0.4, -0.2) is 15.1 Å². The zero-order valence-corrected chi connectivity index (χ0v) is 11.7. The molecule has 0 saturated heterocycles. The topological polar surface area (TPSA) is 94.9 Å². The summed E-state index contributed by atoms with van der Waals surface area (Å²) < 4.78 is 0.629. The highest BCUT2D eigenvalue weighted by Crippen LogP contribution is 2.31. The number of rotatable bonds is 3. The normalized spacial score (nSPS) is 12.4. The van der Waals surface area contributed by atoms with Crippen molar-refractivity contribution in [2.45, 2.75) is 13.0 Å². The fourth-order valence-corrected chi connectivity index (χ4v) is 2.60. The predicted molar refractivity (Wildman–Crippen MR) is 72.3 cm³/mol. The van der Waals surface area contributed by atoms with Gasteiger partial charge in [0.1, 0.15) is 10.0 Å². The van der Waals surface area contributed by atoms with Gasteiger partial charge in [0.15, 0.2) is 0 Å². The minimum absolute atomic E-state index is 0.0110. The predicted octanol–water partition coefficient (Wildman–Crippen LogP) is 2.90. The molecular weight excluding hydrogens is 320 g/mol. The van der Waals surface area contributed by atoms with E-state index in [4.69, 9.17) is 5.73 Å². The van der Waals surface area contributed by atoms with Crippen molar-refractivity contribution in [3.8, 4) is 10.6 Å². The highest BCUT2D eigenvalue weighted by Gasteiger charge is 2.14. The molecular formula is C10H9BrN4O2S. The zero-order valence-electron chi connectivity index (χ0n) is 9.33. The molecule has 6 nitrogen and oxygen atoms in total. The standard InChI is InChI=1S/C10H9BrN4O2S/c1-5(12)9-13-14-10(18-9)6-2-7(11)4-8(3-6)15(16)17/h2-5H,12H2,1H3. The van der Waals surface area contributed by atoms with Crippen LogP contribution in [0.1, 0.15) is 18.0 Å². The van der Waals surface area contributed by atoms with Crippen LogP contribution in [0.5, 0.6) is 0 Å². The Labute approximate surface area is 115 Å². The maximum absolute atomic E-state index is 10.8. The van der Waals surface area contributed by atoms with Crippen molar-refractivity contribution in [3.63, 3.8) is 0 Å². The van der Waals surface area contributed by atoms with E-state index in [1.165, 1.54) is 23.5 Å². The molecule has 0 aliphatic heterocycles. The van der Waals surface area contributed by atoms with Crippen LogP contribution >= 0.6 is 27.3 Å². The smallest absolute Gasteiger partial charge is 0.271 e. The van der Waals surface area contributed by atoms with Gasteiger partial charge in [-0.3, -0.25) is 10.1 Å². The molecule has 0 amide bonds.